The fourth-order valence-electron chi connectivity index (χ4n) is 1.40. The molecule has 0 fully saturated rings. The van der Waals surface area contributed by atoms with Crippen LogP contribution in [0.3, 0.4) is 0 Å². The summed E-state index contributed by atoms with van der Waals surface area (Å²) < 4.78 is 51.4. The quantitative estimate of drug-likeness (QED) is 0.828. The summed E-state index contributed by atoms with van der Waals surface area (Å²) in [5.74, 6) is -2.49. The van der Waals surface area contributed by atoms with E-state index >= 15 is 0 Å². The van der Waals surface area contributed by atoms with Crippen molar-refractivity contribution in [2.24, 2.45) is 0 Å². The van der Waals surface area contributed by atoms with E-state index in [9.17, 15) is 22.4 Å². The summed E-state index contributed by atoms with van der Waals surface area (Å²) in [5, 5.41) is 2.11. The van der Waals surface area contributed by atoms with Crippen LogP contribution in [-0.2, 0) is 6.18 Å². The molecule has 0 aliphatic heterocycles. The maximum Gasteiger partial charge on any atom is 0.433 e. The normalized spacial score (nSPS) is 11.3. The van der Waals surface area contributed by atoms with E-state index in [2.05, 4.69) is 31.2 Å². The van der Waals surface area contributed by atoms with Crippen molar-refractivity contribution in [1.29, 1.82) is 0 Å². The van der Waals surface area contributed by atoms with E-state index in [4.69, 9.17) is 0 Å². The molecule has 1 amide bonds. The maximum atomic E-state index is 13.5. The standard InChI is InChI=1S/C12H6BrF4N3O/c13-6-1-2-8(7(14)5-6)19-11(21)10-18-4-3-9(20-10)12(15,16)17/h1-5H,(H,19,21). The van der Waals surface area contributed by atoms with Gasteiger partial charge in [0.1, 0.15) is 11.5 Å². The number of nitrogens with zero attached hydrogens (tertiary/aromatic N) is 2. The zero-order valence-electron chi connectivity index (χ0n) is 10.1. The van der Waals surface area contributed by atoms with Gasteiger partial charge in [0.25, 0.3) is 5.91 Å². The minimum Gasteiger partial charge on any atom is -0.317 e. The first kappa shape index (κ1) is 15.4. The van der Waals surface area contributed by atoms with Crippen LogP contribution < -0.4 is 5.32 Å². The van der Waals surface area contributed by atoms with Crippen LogP contribution in [0.4, 0.5) is 23.2 Å². The summed E-state index contributed by atoms with van der Waals surface area (Å²) >= 11 is 3.04. The number of carbonyl (C=O) groups is 1. The number of amides is 1. The van der Waals surface area contributed by atoms with Crippen LogP contribution in [0.1, 0.15) is 16.3 Å². The molecule has 1 aromatic heterocycles. The lowest BCUT2D eigenvalue weighted by Crippen LogP contribution is -2.19. The molecule has 0 saturated heterocycles. The van der Waals surface area contributed by atoms with Crippen molar-refractivity contribution in [3.63, 3.8) is 0 Å². The Morgan fingerprint density at radius 3 is 2.57 bits per heavy atom. The zero-order chi connectivity index (χ0) is 15.6. The summed E-state index contributed by atoms with van der Waals surface area (Å²) in [6, 6.07) is 4.45. The lowest BCUT2D eigenvalue weighted by molar-refractivity contribution is -0.141. The minimum absolute atomic E-state index is 0.191. The monoisotopic (exact) mass is 363 g/mol. The predicted octanol–water partition coefficient (Wildman–Crippen LogP) is 3.65. The fourth-order valence-corrected chi connectivity index (χ4v) is 1.73. The summed E-state index contributed by atoms with van der Waals surface area (Å²) in [4.78, 5) is 18.3. The average Bonchev–Trinajstić information content (AvgIpc) is 2.41. The van der Waals surface area contributed by atoms with Crippen LogP contribution in [0.5, 0.6) is 0 Å². The van der Waals surface area contributed by atoms with E-state index in [1.54, 1.807) is 0 Å². The smallest absolute Gasteiger partial charge is 0.317 e. The molecule has 4 nitrogen and oxygen atoms in total. The van der Waals surface area contributed by atoms with Crippen molar-refractivity contribution in [2.75, 3.05) is 5.32 Å². The molecule has 21 heavy (non-hydrogen) atoms. The Balaban J connectivity index is 2.25. The number of hydrogen-bond acceptors (Lipinski definition) is 3. The Kier molecular flexibility index (Phi) is 4.21. The summed E-state index contributed by atoms with van der Waals surface area (Å²) in [5.41, 5.74) is -1.44. The number of carbonyl (C=O) groups excluding carboxylic acids is 1. The molecular formula is C12H6BrF4N3O. The van der Waals surface area contributed by atoms with E-state index in [1.165, 1.54) is 12.1 Å². The van der Waals surface area contributed by atoms with Crippen molar-refractivity contribution in [2.45, 2.75) is 6.18 Å². The van der Waals surface area contributed by atoms with Gasteiger partial charge in [0.15, 0.2) is 0 Å². The molecule has 0 aliphatic rings. The average molecular weight is 364 g/mol. The van der Waals surface area contributed by atoms with E-state index in [-0.39, 0.29) is 5.69 Å². The number of aromatic nitrogens is 2. The molecule has 0 spiro atoms. The van der Waals surface area contributed by atoms with Gasteiger partial charge in [-0.1, -0.05) is 15.9 Å². The Hall–Kier alpha value is -2.03. The molecule has 0 bridgehead atoms. The van der Waals surface area contributed by atoms with Gasteiger partial charge >= 0.3 is 6.18 Å². The van der Waals surface area contributed by atoms with Crippen LogP contribution in [0.2, 0.25) is 0 Å². The van der Waals surface area contributed by atoms with Crippen LogP contribution in [0.25, 0.3) is 0 Å². The molecular weight excluding hydrogens is 358 g/mol. The third-order valence-corrected chi connectivity index (χ3v) is 2.82. The van der Waals surface area contributed by atoms with Gasteiger partial charge in [-0.25, -0.2) is 14.4 Å². The third-order valence-electron chi connectivity index (χ3n) is 2.33. The Bertz CT molecular complexity index is 690. The molecule has 0 atom stereocenters. The molecule has 0 aliphatic carbocycles. The van der Waals surface area contributed by atoms with E-state index in [1.807, 2.05) is 0 Å². The number of benzene rings is 1. The number of hydrogen-bond donors (Lipinski definition) is 1. The first-order valence-electron chi connectivity index (χ1n) is 5.44. The van der Waals surface area contributed by atoms with Crippen molar-refractivity contribution in [1.82, 2.24) is 9.97 Å². The van der Waals surface area contributed by atoms with Crippen LogP contribution in [-0.4, -0.2) is 15.9 Å². The second-order valence-corrected chi connectivity index (χ2v) is 4.76. The third kappa shape index (κ3) is 3.75. The van der Waals surface area contributed by atoms with Crippen LogP contribution in [0, 0.1) is 5.82 Å². The summed E-state index contributed by atoms with van der Waals surface area (Å²) in [7, 11) is 0. The molecule has 0 radical (unpaired) electrons. The highest BCUT2D eigenvalue weighted by Crippen LogP contribution is 2.27. The van der Waals surface area contributed by atoms with Crippen LogP contribution >= 0.6 is 15.9 Å². The van der Waals surface area contributed by atoms with E-state index in [0.717, 1.165) is 12.3 Å². The second kappa shape index (κ2) is 5.76. The molecule has 0 saturated carbocycles. The summed E-state index contributed by atoms with van der Waals surface area (Å²) in [6.45, 7) is 0. The molecule has 1 aromatic carbocycles. The van der Waals surface area contributed by atoms with Crippen molar-refractivity contribution < 1.29 is 22.4 Å². The van der Waals surface area contributed by atoms with Gasteiger partial charge in [0.05, 0.1) is 5.69 Å². The highest BCUT2D eigenvalue weighted by atomic mass is 79.9. The van der Waals surface area contributed by atoms with Gasteiger partial charge in [0, 0.05) is 10.7 Å². The lowest BCUT2D eigenvalue weighted by Gasteiger charge is -2.08. The van der Waals surface area contributed by atoms with Gasteiger partial charge in [-0.05, 0) is 24.3 Å². The number of alkyl halides is 3. The molecule has 1 heterocycles. The number of halogens is 5. The maximum absolute atomic E-state index is 13.5. The molecule has 9 heteroatoms. The van der Waals surface area contributed by atoms with Crippen molar-refractivity contribution in [3.05, 3.63) is 52.3 Å². The van der Waals surface area contributed by atoms with E-state index in [0.29, 0.717) is 10.5 Å². The zero-order valence-corrected chi connectivity index (χ0v) is 11.7. The van der Waals surface area contributed by atoms with E-state index < -0.39 is 29.4 Å². The number of nitrogens with one attached hydrogen (secondary N) is 1. The Morgan fingerprint density at radius 1 is 1.24 bits per heavy atom. The Morgan fingerprint density at radius 2 is 1.95 bits per heavy atom. The molecule has 1 N–H and O–H groups in total. The van der Waals surface area contributed by atoms with Gasteiger partial charge in [0.2, 0.25) is 5.82 Å². The minimum atomic E-state index is -4.69. The van der Waals surface area contributed by atoms with Gasteiger partial charge < -0.3 is 5.32 Å². The predicted molar refractivity (Wildman–Crippen MR) is 69.1 cm³/mol. The first-order valence-corrected chi connectivity index (χ1v) is 6.23. The summed E-state index contributed by atoms with van der Waals surface area (Å²) in [6.07, 6.45) is -3.89. The topological polar surface area (TPSA) is 54.9 Å². The number of rotatable bonds is 2. The lowest BCUT2D eigenvalue weighted by atomic mass is 10.3. The first-order chi connectivity index (χ1) is 9.77. The second-order valence-electron chi connectivity index (χ2n) is 3.84. The highest BCUT2D eigenvalue weighted by molar-refractivity contribution is 9.10. The fraction of sp³-hybridized carbons (Fsp3) is 0.0833. The number of anilines is 1. The molecule has 2 rings (SSSR count). The largest absolute Gasteiger partial charge is 0.433 e. The van der Waals surface area contributed by atoms with Gasteiger partial charge in [-0.2, -0.15) is 13.2 Å². The molecule has 0 unspecified atom stereocenters. The van der Waals surface area contributed by atoms with Gasteiger partial charge in [-0.15, -0.1) is 0 Å². The molecule has 2 aromatic rings. The van der Waals surface area contributed by atoms with Crippen molar-refractivity contribution in [3.8, 4) is 0 Å². The van der Waals surface area contributed by atoms with Gasteiger partial charge in [-0.3, -0.25) is 4.79 Å². The van der Waals surface area contributed by atoms with Crippen LogP contribution in [0.15, 0.2) is 34.9 Å². The Labute approximate surface area is 124 Å². The SMILES string of the molecule is O=C(Nc1ccc(Br)cc1F)c1nccc(C(F)(F)F)n1. The molecule has 110 valence electrons. The highest BCUT2D eigenvalue weighted by Gasteiger charge is 2.33. The van der Waals surface area contributed by atoms with Crippen molar-refractivity contribution >= 4 is 27.5 Å².